The number of fused-ring (bicyclic) bond motifs is 1. The van der Waals surface area contributed by atoms with Crippen LogP contribution in [0.2, 0.25) is 0 Å². The number of nitrogens with one attached hydrogen (secondary N) is 1. The van der Waals surface area contributed by atoms with Crippen molar-refractivity contribution in [2.24, 2.45) is 7.05 Å². The molecule has 4 heterocycles. The molecule has 0 aliphatic carbocycles. The van der Waals surface area contributed by atoms with Crippen molar-refractivity contribution in [3.05, 3.63) is 90.8 Å². The fourth-order valence-electron chi connectivity index (χ4n) is 5.37. The van der Waals surface area contributed by atoms with Gasteiger partial charge in [-0.1, -0.05) is 12.1 Å². The number of hydrogen-bond acceptors (Lipinski definition) is 8. The van der Waals surface area contributed by atoms with Crippen LogP contribution in [0.4, 0.5) is 16.0 Å². The molecule has 0 saturated carbocycles. The minimum atomic E-state index is -0.383. The molecule has 0 unspecified atom stereocenters. The van der Waals surface area contributed by atoms with Crippen molar-refractivity contribution in [2.45, 2.75) is 25.4 Å². The second-order valence-electron chi connectivity index (χ2n) is 10.7. The minimum absolute atomic E-state index is 0.123. The topological polar surface area (TPSA) is 94.4 Å². The van der Waals surface area contributed by atoms with Gasteiger partial charge < -0.3 is 19.4 Å². The summed E-state index contributed by atoms with van der Waals surface area (Å²) in [6.07, 6.45) is 7.51. The van der Waals surface area contributed by atoms with Gasteiger partial charge in [-0.05, 0) is 54.8 Å². The lowest BCUT2D eigenvalue weighted by Crippen LogP contribution is -2.39. The average Bonchev–Trinajstić information content (AvgIpc) is 3.33. The van der Waals surface area contributed by atoms with E-state index in [1.807, 2.05) is 41.9 Å². The van der Waals surface area contributed by atoms with E-state index in [2.05, 4.69) is 20.2 Å². The molecule has 1 saturated heterocycles. The fraction of sp³-hybridized carbons (Fsp3) is 0.273. The smallest absolute Gasteiger partial charge is 0.208 e. The minimum Gasteiger partial charge on any atom is -0.457 e. The second-order valence-corrected chi connectivity index (χ2v) is 10.7. The van der Waals surface area contributed by atoms with Crippen LogP contribution < -0.4 is 10.1 Å². The van der Waals surface area contributed by atoms with E-state index in [0.29, 0.717) is 40.9 Å². The zero-order valence-corrected chi connectivity index (χ0v) is 24.2. The Labute approximate surface area is 249 Å². The second kappa shape index (κ2) is 12.7. The van der Waals surface area contributed by atoms with E-state index in [1.54, 1.807) is 50.0 Å². The van der Waals surface area contributed by atoms with Crippen molar-refractivity contribution in [2.75, 3.05) is 32.1 Å². The van der Waals surface area contributed by atoms with Crippen LogP contribution in [-0.4, -0.2) is 63.1 Å². The van der Waals surface area contributed by atoms with E-state index in [4.69, 9.17) is 14.5 Å². The molecular weight excluding hydrogens is 547 g/mol. The van der Waals surface area contributed by atoms with E-state index in [0.717, 1.165) is 42.6 Å². The van der Waals surface area contributed by atoms with E-state index >= 15 is 0 Å². The van der Waals surface area contributed by atoms with Gasteiger partial charge in [-0.25, -0.2) is 9.37 Å². The summed E-state index contributed by atoms with van der Waals surface area (Å²) in [7, 11) is 3.61. The molecule has 1 fully saturated rings. The van der Waals surface area contributed by atoms with Crippen LogP contribution >= 0.6 is 0 Å². The molecule has 2 aromatic carbocycles. The number of aryl methyl sites for hydroxylation is 1. The van der Waals surface area contributed by atoms with Gasteiger partial charge in [0.15, 0.2) is 5.78 Å². The van der Waals surface area contributed by atoms with Gasteiger partial charge in [0, 0.05) is 63.5 Å². The average molecular weight is 581 g/mol. The van der Waals surface area contributed by atoms with Gasteiger partial charge in [0.2, 0.25) is 5.95 Å². The first-order valence-corrected chi connectivity index (χ1v) is 14.3. The predicted molar refractivity (Wildman–Crippen MR) is 163 cm³/mol. The number of likely N-dealkylation sites (tertiary alicyclic amines) is 1. The maximum Gasteiger partial charge on any atom is 0.208 e. The highest BCUT2D eigenvalue weighted by Crippen LogP contribution is 2.30. The summed E-state index contributed by atoms with van der Waals surface area (Å²) in [6, 6.07) is 17.8. The molecular formula is C33H33FN6O3. The van der Waals surface area contributed by atoms with Crippen LogP contribution in [0.25, 0.3) is 22.2 Å². The molecule has 220 valence electrons. The number of hydrogen-bond donors (Lipinski definition) is 1. The van der Waals surface area contributed by atoms with Crippen LogP contribution in [0.5, 0.6) is 11.5 Å². The molecule has 0 atom stereocenters. The van der Waals surface area contributed by atoms with Crippen molar-refractivity contribution in [1.29, 1.82) is 0 Å². The highest BCUT2D eigenvalue weighted by molar-refractivity contribution is 5.83. The highest BCUT2D eigenvalue weighted by Gasteiger charge is 2.21. The summed E-state index contributed by atoms with van der Waals surface area (Å²) in [6.45, 7) is 2.13. The Balaban J connectivity index is 1.13. The van der Waals surface area contributed by atoms with Crippen molar-refractivity contribution >= 4 is 28.5 Å². The molecule has 10 heteroatoms. The van der Waals surface area contributed by atoms with Gasteiger partial charge in [-0.15, -0.1) is 0 Å². The van der Waals surface area contributed by atoms with Gasteiger partial charge in [0.25, 0.3) is 0 Å². The summed E-state index contributed by atoms with van der Waals surface area (Å²) in [5.74, 6) is 1.41. The van der Waals surface area contributed by atoms with Gasteiger partial charge in [0.1, 0.15) is 17.3 Å². The quantitative estimate of drug-likeness (QED) is 0.217. The molecule has 5 aromatic rings. The number of Topliss-reactive ketones (excluding diaryl/α,β-unsaturated/α-hetero) is 1. The van der Waals surface area contributed by atoms with Gasteiger partial charge in [-0.3, -0.25) is 19.7 Å². The van der Waals surface area contributed by atoms with Crippen molar-refractivity contribution in [3.8, 4) is 22.6 Å². The number of methoxy groups -OCH3 is 1. The van der Waals surface area contributed by atoms with Crippen molar-refractivity contribution in [1.82, 2.24) is 24.4 Å². The molecule has 6 rings (SSSR count). The number of carbonyl (C=O) groups is 1. The zero-order valence-electron chi connectivity index (χ0n) is 24.2. The number of ether oxygens (including phenoxy) is 2. The molecule has 1 aliphatic heterocycles. The van der Waals surface area contributed by atoms with Crippen LogP contribution in [0.3, 0.4) is 0 Å². The lowest BCUT2D eigenvalue weighted by atomic mass is 10.1. The number of rotatable bonds is 10. The van der Waals surface area contributed by atoms with Gasteiger partial charge in [-0.2, -0.15) is 0 Å². The summed E-state index contributed by atoms with van der Waals surface area (Å²) < 4.78 is 28.2. The Hall–Kier alpha value is -4.67. The first-order chi connectivity index (χ1) is 20.9. The standard InChI is InChI=1S/C33H33FN6O3/c1-39-32-8-6-27(43-28-9-13-36-24(18-28)17-25(41)21-40-14-10-26(42-2)11-15-40)19-31(32)38-33(39)37-30-16-22(5-7-29(30)34)23-4-3-12-35-20-23/h3-9,12-13,16,18-20,26H,10-11,14-15,17,21H2,1-2H3,(H,37,38). The lowest BCUT2D eigenvalue weighted by molar-refractivity contribution is -0.120. The summed E-state index contributed by atoms with van der Waals surface area (Å²) >= 11 is 0. The first-order valence-electron chi connectivity index (χ1n) is 14.3. The Bertz CT molecular complexity index is 1730. The molecule has 0 spiro atoms. The normalized spacial score (nSPS) is 14.2. The number of benzene rings is 2. The molecule has 0 radical (unpaired) electrons. The Morgan fingerprint density at radius 2 is 1.86 bits per heavy atom. The largest absolute Gasteiger partial charge is 0.457 e. The SMILES string of the molecule is COC1CCN(CC(=O)Cc2cc(Oc3ccc4c(c3)nc(Nc3cc(-c5cccnc5)ccc3F)n4C)ccn2)CC1. The van der Waals surface area contributed by atoms with Gasteiger partial charge in [0.05, 0.1) is 41.5 Å². The van der Waals surface area contributed by atoms with E-state index in [-0.39, 0.29) is 24.1 Å². The third-order valence-electron chi connectivity index (χ3n) is 7.73. The first kappa shape index (κ1) is 28.4. The van der Waals surface area contributed by atoms with Crippen LogP contribution in [-0.2, 0) is 23.0 Å². The number of aromatic nitrogens is 4. The third kappa shape index (κ3) is 6.71. The van der Waals surface area contributed by atoms with E-state index in [1.165, 1.54) is 6.07 Å². The molecule has 0 amide bonds. The molecule has 3 aromatic heterocycles. The fourth-order valence-corrected chi connectivity index (χ4v) is 5.37. The Morgan fingerprint density at radius 3 is 2.65 bits per heavy atom. The predicted octanol–water partition coefficient (Wildman–Crippen LogP) is 5.93. The summed E-state index contributed by atoms with van der Waals surface area (Å²) in [4.78, 5) is 28.1. The number of pyridine rings is 2. The lowest BCUT2D eigenvalue weighted by Gasteiger charge is -2.30. The molecule has 1 aliphatic rings. The third-order valence-corrected chi connectivity index (χ3v) is 7.73. The number of imidazole rings is 1. The van der Waals surface area contributed by atoms with Crippen LogP contribution in [0, 0.1) is 5.82 Å². The molecule has 1 N–H and O–H groups in total. The number of anilines is 2. The van der Waals surface area contributed by atoms with E-state index in [9.17, 15) is 9.18 Å². The molecule has 43 heavy (non-hydrogen) atoms. The number of piperidine rings is 1. The van der Waals surface area contributed by atoms with Crippen molar-refractivity contribution < 1.29 is 18.7 Å². The molecule has 0 bridgehead atoms. The number of nitrogens with zero attached hydrogens (tertiary/aromatic N) is 5. The monoisotopic (exact) mass is 580 g/mol. The van der Waals surface area contributed by atoms with Crippen molar-refractivity contribution in [3.63, 3.8) is 0 Å². The Kier molecular flexibility index (Phi) is 8.39. The summed E-state index contributed by atoms with van der Waals surface area (Å²) in [5.41, 5.74) is 4.26. The van der Waals surface area contributed by atoms with Crippen LogP contribution in [0.1, 0.15) is 18.5 Å². The zero-order chi connectivity index (χ0) is 29.8. The Morgan fingerprint density at radius 1 is 1.02 bits per heavy atom. The number of carbonyl (C=O) groups excluding carboxylic acids is 1. The highest BCUT2D eigenvalue weighted by atomic mass is 19.1. The maximum atomic E-state index is 14.8. The van der Waals surface area contributed by atoms with Crippen LogP contribution in [0.15, 0.2) is 79.3 Å². The maximum absolute atomic E-state index is 14.8. The van der Waals surface area contributed by atoms with Gasteiger partial charge >= 0.3 is 0 Å². The summed E-state index contributed by atoms with van der Waals surface area (Å²) in [5, 5.41) is 3.13. The van der Waals surface area contributed by atoms with E-state index < -0.39 is 0 Å². The number of halogens is 1. The molecule has 9 nitrogen and oxygen atoms in total. The number of ketones is 1.